The topological polar surface area (TPSA) is 81.5 Å². The Hall–Kier alpha value is -2.28. The van der Waals surface area contributed by atoms with Crippen LogP contribution in [0.1, 0.15) is 24.1 Å². The third kappa shape index (κ3) is 2.41. The van der Waals surface area contributed by atoms with Gasteiger partial charge < -0.3 is 15.5 Å². The maximum atomic E-state index is 11.4. The number of nitrogens with two attached hydrogens (primary N) is 1. The Balaban J connectivity index is 1.59. The van der Waals surface area contributed by atoms with E-state index in [-0.39, 0.29) is 6.03 Å². The number of nitrogens with zero attached hydrogens (tertiary/aromatic N) is 4. The highest BCUT2D eigenvalue weighted by molar-refractivity contribution is 5.73. The first kappa shape index (κ1) is 14.3. The summed E-state index contributed by atoms with van der Waals surface area (Å²) >= 11 is 0. The van der Waals surface area contributed by atoms with Crippen molar-refractivity contribution in [3.63, 3.8) is 0 Å². The number of hydrogen-bond donors (Lipinski definition) is 2. The fraction of sp³-hybridized carbons (Fsp3) is 0.500. The first-order chi connectivity index (χ1) is 11.1. The smallest absolute Gasteiger partial charge is 0.315 e. The number of urea groups is 1. The van der Waals surface area contributed by atoms with Gasteiger partial charge in [0.05, 0.1) is 18.8 Å². The first-order valence-corrected chi connectivity index (χ1v) is 8.09. The van der Waals surface area contributed by atoms with Gasteiger partial charge in [0.1, 0.15) is 0 Å². The van der Waals surface area contributed by atoms with Crippen molar-refractivity contribution in [3.8, 4) is 0 Å². The minimum atomic E-state index is -0.386. The fourth-order valence-electron chi connectivity index (χ4n) is 3.77. The molecule has 4 rings (SSSR count). The Labute approximate surface area is 135 Å². The van der Waals surface area contributed by atoms with E-state index in [9.17, 15) is 4.79 Å². The lowest BCUT2D eigenvalue weighted by molar-refractivity contribution is 0.208. The van der Waals surface area contributed by atoms with E-state index in [0.29, 0.717) is 19.1 Å². The molecular weight excluding hydrogens is 292 g/mol. The predicted molar refractivity (Wildman–Crippen MR) is 87.6 cm³/mol. The standard InChI is InChI=1S/C16H22N6O/c1-20-6-3-5-14(20)11-4-2-7-21(8-11)15-12-9-22(16(17)23)10-13(12)18-19-15/h2,4,8,14H,3,5-7,9-10H2,1H3,(H2,17,23)(H,18,19). The van der Waals surface area contributed by atoms with E-state index >= 15 is 0 Å². The number of likely N-dealkylation sites (N-methyl/N-ethyl adjacent to an activating group) is 1. The molecule has 23 heavy (non-hydrogen) atoms. The van der Waals surface area contributed by atoms with Crippen molar-refractivity contribution < 1.29 is 4.79 Å². The summed E-state index contributed by atoms with van der Waals surface area (Å²) in [4.78, 5) is 17.6. The van der Waals surface area contributed by atoms with Crippen LogP contribution >= 0.6 is 0 Å². The van der Waals surface area contributed by atoms with E-state index in [1.165, 1.54) is 18.4 Å². The van der Waals surface area contributed by atoms with Gasteiger partial charge in [0.15, 0.2) is 5.82 Å². The predicted octanol–water partition coefficient (Wildman–Crippen LogP) is 1.16. The van der Waals surface area contributed by atoms with Gasteiger partial charge >= 0.3 is 6.03 Å². The lowest BCUT2D eigenvalue weighted by atomic mass is 10.0. The number of aromatic amines is 1. The highest BCUT2D eigenvalue weighted by Gasteiger charge is 2.30. The van der Waals surface area contributed by atoms with Gasteiger partial charge in [0, 0.05) is 24.4 Å². The molecule has 1 aromatic heterocycles. The molecule has 0 aliphatic carbocycles. The molecule has 0 bridgehead atoms. The molecule has 122 valence electrons. The number of nitrogens with one attached hydrogen (secondary N) is 1. The minimum Gasteiger partial charge on any atom is -0.351 e. The zero-order valence-electron chi connectivity index (χ0n) is 13.3. The summed E-state index contributed by atoms with van der Waals surface area (Å²) in [6.45, 7) is 3.00. The monoisotopic (exact) mass is 314 g/mol. The van der Waals surface area contributed by atoms with Crippen LogP contribution in [0.15, 0.2) is 23.9 Å². The molecule has 0 spiro atoms. The number of amides is 2. The Morgan fingerprint density at radius 3 is 3.04 bits per heavy atom. The van der Waals surface area contributed by atoms with Crippen molar-refractivity contribution in [1.82, 2.24) is 20.0 Å². The summed E-state index contributed by atoms with van der Waals surface area (Å²) in [5.74, 6) is 0.909. The van der Waals surface area contributed by atoms with Crippen molar-refractivity contribution in [2.45, 2.75) is 32.0 Å². The Bertz CT molecular complexity index is 691. The van der Waals surface area contributed by atoms with Gasteiger partial charge in [-0.15, -0.1) is 0 Å². The number of fused-ring (bicyclic) bond motifs is 1. The molecule has 3 aliphatic heterocycles. The zero-order chi connectivity index (χ0) is 16.0. The SMILES string of the molecule is CN1CCCC1C1=CN(c2n[nH]c3c2CN(C(N)=O)C3)CC=C1. The molecule has 1 aromatic rings. The number of carbonyl (C=O) groups is 1. The van der Waals surface area contributed by atoms with Gasteiger partial charge in [-0.1, -0.05) is 12.2 Å². The fourth-order valence-corrected chi connectivity index (χ4v) is 3.77. The lowest BCUT2D eigenvalue weighted by Crippen LogP contribution is -2.32. The van der Waals surface area contributed by atoms with Crippen LogP contribution in [0.3, 0.4) is 0 Å². The van der Waals surface area contributed by atoms with E-state index in [4.69, 9.17) is 5.73 Å². The third-order valence-corrected chi connectivity index (χ3v) is 5.04. The molecule has 7 nitrogen and oxygen atoms in total. The molecule has 1 unspecified atom stereocenters. The van der Waals surface area contributed by atoms with E-state index < -0.39 is 0 Å². The number of primary amides is 1. The number of H-pyrrole nitrogens is 1. The Kier molecular flexibility index (Phi) is 3.37. The molecule has 0 aromatic carbocycles. The molecule has 7 heteroatoms. The molecule has 1 saturated heterocycles. The number of aromatic nitrogens is 2. The molecule has 4 heterocycles. The van der Waals surface area contributed by atoms with Crippen molar-refractivity contribution in [2.24, 2.45) is 5.73 Å². The average molecular weight is 314 g/mol. The van der Waals surface area contributed by atoms with Crippen molar-refractivity contribution in [2.75, 3.05) is 25.0 Å². The number of anilines is 1. The third-order valence-electron chi connectivity index (χ3n) is 5.04. The summed E-state index contributed by atoms with van der Waals surface area (Å²) in [5.41, 5.74) is 8.79. The molecule has 2 amide bonds. The number of likely N-dealkylation sites (tertiary alicyclic amines) is 1. The molecule has 3 aliphatic rings. The van der Waals surface area contributed by atoms with E-state index in [1.54, 1.807) is 4.90 Å². The lowest BCUT2D eigenvalue weighted by Gasteiger charge is -2.27. The average Bonchev–Trinajstić information content (AvgIpc) is 3.21. The van der Waals surface area contributed by atoms with Gasteiger partial charge in [-0.05, 0) is 32.0 Å². The maximum Gasteiger partial charge on any atom is 0.315 e. The Morgan fingerprint density at radius 2 is 2.30 bits per heavy atom. The highest BCUT2D eigenvalue weighted by Crippen LogP contribution is 2.32. The molecule has 0 radical (unpaired) electrons. The van der Waals surface area contributed by atoms with Gasteiger partial charge in [0.2, 0.25) is 0 Å². The quantitative estimate of drug-likeness (QED) is 0.858. The number of rotatable bonds is 2. The summed E-state index contributed by atoms with van der Waals surface area (Å²) in [6, 6.07) is 0.103. The zero-order valence-corrected chi connectivity index (χ0v) is 13.3. The molecule has 1 atom stereocenters. The van der Waals surface area contributed by atoms with Crippen LogP contribution in [-0.2, 0) is 13.1 Å². The normalized spacial score (nSPS) is 24.2. The van der Waals surface area contributed by atoms with E-state index in [2.05, 4.69) is 45.4 Å². The molecular formula is C16H22N6O. The summed E-state index contributed by atoms with van der Waals surface area (Å²) in [5, 5.41) is 7.52. The molecule has 3 N–H and O–H groups in total. The summed E-state index contributed by atoms with van der Waals surface area (Å²) in [7, 11) is 2.18. The second-order valence-corrected chi connectivity index (χ2v) is 6.52. The second-order valence-electron chi connectivity index (χ2n) is 6.52. The molecule has 1 fully saturated rings. The largest absolute Gasteiger partial charge is 0.351 e. The number of hydrogen-bond acceptors (Lipinski definition) is 4. The van der Waals surface area contributed by atoms with Crippen LogP contribution in [0.2, 0.25) is 0 Å². The molecule has 0 saturated carbocycles. The highest BCUT2D eigenvalue weighted by atomic mass is 16.2. The maximum absolute atomic E-state index is 11.4. The van der Waals surface area contributed by atoms with Crippen LogP contribution in [0.5, 0.6) is 0 Å². The van der Waals surface area contributed by atoms with Crippen LogP contribution < -0.4 is 10.6 Å². The second kappa shape index (κ2) is 5.42. The van der Waals surface area contributed by atoms with Crippen LogP contribution in [0.25, 0.3) is 0 Å². The van der Waals surface area contributed by atoms with Gasteiger partial charge in [-0.25, -0.2) is 4.79 Å². The summed E-state index contributed by atoms with van der Waals surface area (Å²) in [6.07, 6.45) is 9.07. The van der Waals surface area contributed by atoms with Gasteiger partial charge in [-0.3, -0.25) is 10.00 Å². The van der Waals surface area contributed by atoms with E-state index in [1.807, 2.05) is 0 Å². The van der Waals surface area contributed by atoms with E-state index in [0.717, 1.165) is 30.2 Å². The van der Waals surface area contributed by atoms with Crippen LogP contribution in [0, 0.1) is 0 Å². The number of carbonyl (C=O) groups excluding carboxylic acids is 1. The van der Waals surface area contributed by atoms with Gasteiger partial charge in [0.25, 0.3) is 0 Å². The first-order valence-electron chi connectivity index (χ1n) is 8.09. The van der Waals surface area contributed by atoms with Crippen molar-refractivity contribution in [1.29, 1.82) is 0 Å². The Morgan fingerprint density at radius 1 is 1.43 bits per heavy atom. The van der Waals surface area contributed by atoms with Crippen molar-refractivity contribution in [3.05, 3.63) is 35.2 Å². The van der Waals surface area contributed by atoms with Gasteiger partial charge in [-0.2, -0.15) is 5.10 Å². The minimum absolute atomic E-state index is 0.386. The van der Waals surface area contributed by atoms with Crippen molar-refractivity contribution >= 4 is 11.8 Å². The van der Waals surface area contributed by atoms with Crippen LogP contribution in [0.4, 0.5) is 10.6 Å². The summed E-state index contributed by atoms with van der Waals surface area (Å²) < 4.78 is 0. The van der Waals surface area contributed by atoms with Crippen LogP contribution in [-0.4, -0.2) is 52.2 Å².